The molecule has 0 unspecified atom stereocenters. The maximum atomic E-state index is 11.8. The number of ether oxygens (including phenoxy) is 1. The number of nitrogens with one attached hydrogen (secondary N) is 2. The molecule has 1 aliphatic rings. The highest BCUT2D eigenvalue weighted by Crippen LogP contribution is 2.14. The number of urea groups is 1. The van der Waals surface area contributed by atoms with Crippen LogP contribution in [-0.2, 0) is 0 Å². The summed E-state index contributed by atoms with van der Waals surface area (Å²) in [6, 6.07) is 7.15. The van der Waals surface area contributed by atoms with Gasteiger partial charge >= 0.3 is 6.03 Å². The molecule has 116 valence electrons. The second-order valence-corrected chi connectivity index (χ2v) is 5.37. The fourth-order valence-corrected chi connectivity index (χ4v) is 2.54. The third-order valence-electron chi connectivity index (χ3n) is 3.73. The molecule has 0 spiro atoms. The van der Waals surface area contributed by atoms with Crippen molar-refractivity contribution in [3.8, 4) is 5.75 Å². The molecular formula is C16H25N3O2. The number of piperidine rings is 1. The first-order valence-electron chi connectivity index (χ1n) is 7.69. The Kier molecular flexibility index (Phi) is 6.34. The van der Waals surface area contributed by atoms with Crippen LogP contribution in [0.25, 0.3) is 0 Å². The smallest absolute Gasteiger partial charge is 0.319 e. The molecule has 1 fully saturated rings. The zero-order chi connectivity index (χ0) is 14.9. The molecule has 0 aromatic heterocycles. The molecule has 5 nitrogen and oxygen atoms in total. The lowest BCUT2D eigenvalue weighted by Crippen LogP contribution is -2.34. The number of amides is 2. The van der Waals surface area contributed by atoms with Crippen molar-refractivity contribution in [3.05, 3.63) is 24.3 Å². The Bertz CT molecular complexity index is 428. The molecule has 1 saturated heterocycles. The third kappa shape index (κ3) is 5.63. The molecule has 0 atom stereocenters. The van der Waals surface area contributed by atoms with Crippen LogP contribution < -0.4 is 15.4 Å². The average Bonchev–Trinajstić information content (AvgIpc) is 2.53. The van der Waals surface area contributed by atoms with E-state index >= 15 is 0 Å². The van der Waals surface area contributed by atoms with E-state index in [1.165, 1.54) is 32.4 Å². The fraction of sp³-hybridized carbons (Fsp3) is 0.562. The van der Waals surface area contributed by atoms with Crippen LogP contribution >= 0.6 is 0 Å². The van der Waals surface area contributed by atoms with Crippen LogP contribution in [0.1, 0.15) is 25.7 Å². The molecule has 0 bridgehead atoms. The highest BCUT2D eigenvalue weighted by molar-refractivity contribution is 5.89. The maximum Gasteiger partial charge on any atom is 0.319 e. The number of rotatable bonds is 6. The van der Waals surface area contributed by atoms with Crippen molar-refractivity contribution in [1.29, 1.82) is 0 Å². The Labute approximate surface area is 126 Å². The number of anilines is 1. The number of hydrogen-bond donors (Lipinski definition) is 2. The van der Waals surface area contributed by atoms with Crippen molar-refractivity contribution in [1.82, 2.24) is 10.2 Å². The number of carbonyl (C=O) groups is 1. The van der Waals surface area contributed by atoms with Crippen molar-refractivity contribution >= 4 is 11.7 Å². The van der Waals surface area contributed by atoms with Gasteiger partial charge < -0.3 is 20.3 Å². The van der Waals surface area contributed by atoms with Crippen molar-refractivity contribution in [3.63, 3.8) is 0 Å². The van der Waals surface area contributed by atoms with Gasteiger partial charge in [0, 0.05) is 12.2 Å². The van der Waals surface area contributed by atoms with E-state index in [1.54, 1.807) is 7.11 Å². The highest BCUT2D eigenvalue weighted by Gasteiger charge is 2.09. The molecule has 0 aliphatic carbocycles. The van der Waals surface area contributed by atoms with Crippen molar-refractivity contribution in [2.24, 2.45) is 0 Å². The minimum Gasteiger partial charge on any atom is -0.497 e. The minimum atomic E-state index is -0.154. The zero-order valence-corrected chi connectivity index (χ0v) is 12.7. The van der Waals surface area contributed by atoms with Gasteiger partial charge in [-0.1, -0.05) is 6.42 Å². The second kappa shape index (κ2) is 8.52. The average molecular weight is 291 g/mol. The van der Waals surface area contributed by atoms with Crippen molar-refractivity contribution in [2.75, 3.05) is 38.6 Å². The topological polar surface area (TPSA) is 53.6 Å². The van der Waals surface area contributed by atoms with Gasteiger partial charge in [0.1, 0.15) is 5.75 Å². The van der Waals surface area contributed by atoms with Gasteiger partial charge in [-0.05, 0) is 63.2 Å². The number of hydrogen-bond acceptors (Lipinski definition) is 3. The summed E-state index contributed by atoms with van der Waals surface area (Å²) >= 11 is 0. The molecule has 2 N–H and O–H groups in total. The van der Waals surface area contributed by atoms with Gasteiger partial charge in [-0.15, -0.1) is 0 Å². The minimum absolute atomic E-state index is 0.154. The predicted octanol–water partition coefficient (Wildman–Crippen LogP) is 2.69. The number of likely N-dealkylation sites (tertiary alicyclic amines) is 1. The summed E-state index contributed by atoms with van der Waals surface area (Å²) in [5, 5.41) is 5.70. The molecule has 21 heavy (non-hydrogen) atoms. The van der Waals surface area contributed by atoms with Crippen LogP contribution in [0.2, 0.25) is 0 Å². The summed E-state index contributed by atoms with van der Waals surface area (Å²) in [4.78, 5) is 14.2. The molecule has 0 radical (unpaired) electrons. The molecule has 2 rings (SSSR count). The van der Waals surface area contributed by atoms with Crippen LogP contribution in [-0.4, -0.2) is 44.2 Å². The lowest BCUT2D eigenvalue weighted by Gasteiger charge is -2.26. The normalized spacial score (nSPS) is 15.5. The van der Waals surface area contributed by atoms with Crippen LogP contribution in [0.5, 0.6) is 5.75 Å². The predicted molar refractivity (Wildman–Crippen MR) is 84.9 cm³/mol. The number of carbonyl (C=O) groups excluding carboxylic acids is 1. The first kappa shape index (κ1) is 15.6. The van der Waals surface area contributed by atoms with Crippen LogP contribution in [0, 0.1) is 0 Å². The van der Waals surface area contributed by atoms with E-state index < -0.39 is 0 Å². The zero-order valence-electron chi connectivity index (χ0n) is 12.7. The van der Waals surface area contributed by atoms with E-state index in [4.69, 9.17) is 4.74 Å². The Hall–Kier alpha value is -1.75. The lowest BCUT2D eigenvalue weighted by molar-refractivity contribution is 0.224. The van der Waals surface area contributed by atoms with Crippen LogP contribution in [0.3, 0.4) is 0 Å². The summed E-state index contributed by atoms with van der Waals surface area (Å²) in [6.45, 7) is 4.19. The van der Waals surface area contributed by atoms with Gasteiger partial charge in [0.2, 0.25) is 0 Å². The van der Waals surface area contributed by atoms with Crippen molar-refractivity contribution in [2.45, 2.75) is 25.7 Å². The van der Waals surface area contributed by atoms with E-state index in [-0.39, 0.29) is 6.03 Å². The quantitative estimate of drug-likeness (QED) is 0.792. The number of nitrogens with zero attached hydrogens (tertiary/aromatic N) is 1. The second-order valence-electron chi connectivity index (χ2n) is 5.37. The van der Waals surface area contributed by atoms with E-state index in [1.807, 2.05) is 24.3 Å². The molecular weight excluding hydrogens is 266 g/mol. The summed E-state index contributed by atoms with van der Waals surface area (Å²) in [5.41, 5.74) is 0.768. The van der Waals surface area contributed by atoms with E-state index in [9.17, 15) is 4.79 Å². The number of methoxy groups -OCH3 is 1. The van der Waals surface area contributed by atoms with Gasteiger partial charge in [0.25, 0.3) is 0 Å². The first-order valence-corrected chi connectivity index (χ1v) is 7.69. The maximum absolute atomic E-state index is 11.8. The van der Waals surface area contributed by atoms with Gasteiger partial charge in [-0.3, -0.25) is 0 Å². The SMILES string of the molecule is COc1ccc(NC(=O)NCCCN2CCCCC2)cc1. The molecule has 1 aromatic rings. The van der Waals surface area contributed by atoms with E-state index in [0.29, 0.717) is 6.54 Å². The van der Waals surface area contributed by atoms with Crippen LogP contribution in [0.4, 0.5) is 10.5 Å². The Balaban J connectivity index is 1.60. The molecule has 0 saturated carbocycles. The standard InChI is InChI=1S/C16H25N3O2/c1-21-15-8-6-14(7-9-15)18-16(20)17-10-5-13-19-11-3-2-4-12-19/h6-9H,2-5,10-13H2,1H3,(H2,17,18,20). The summed E-state index contributed by atoms with van der Waals surface area (Å²) in [6.07, 6.45) is 4.98. The third-order valence-corrected chi connectivity index (χ3v) is 3.73. The van der Waals surface area contributed by atoms with Gasteiger partial charge in [-0.25, -0.2) is 4.79 Å². The van der Waals surface area contributed by atoms with Gasteiger partial charge in [0.15, 0.2) is 0 Å². The summed E-state index contributed by atoms with van der Waals surface area (Å²) in [5.74, 6) is 0.780. The van der Waals surface area contributed by atoms with E-state index in [2.05, 4.69) is 15.5 Å². The van der Waals surface area contributed by atoms with Gasteiger partial charge in [0.05, 0.1) is 7.11 Å². The Morgan fingerprint density at radius 3 is 2.57 bits per heavy atom. The molecule has 1 heterocycles. The Morgan fingerprint density at radius 1 is 1.19 bits per heavy atom. The molecule has 1 aliphatic heterocycles. The van der Waals surface area contributed by atoms with Crippen molar-refractivity contribution < 1.29 is 9.53 Å². The lowest BCUT2D eigenvalue weighted by atomic mass is 10.1. The molecule has 2 amide bonds. The van der Waals surface area contributed by atoms with Gasteiger partial charge in [-0.2, -0.15) is 0 Å². The Morgan fingerprint density at radius 2 is 1.90 bits per heavy atom. The summed E-state index contributed by atoms with van der Waals surface area (Å²) < 4.78 is 5.08. The molecule has 1 aromatic carbocycles. The highest BCUT2D eigenvalue weighted by atomic mass is 16.5. The fourth-order valence-electron chi connectivity index (χ4n) is 2.54. The monoisotopic (exact) mass is 291 g/mol. The largest absolute Gasteiger partial charge is 0.497 e. The summed E-state index contributed by atoms with van der Waals surface area (Å²) in [7, 11) is 1.62. The molecule has 5 heteroatoms. The van der Waals surface area contributed by atoms with Crippen LogP contribution in [0.15, 0.2) is 24.3 Å². The number of benzene rings is 1. The van der Waals surface area contributed by atoms with E-state index in [0.717, 1.165) is 24.4 Å². The first-order chi connectivity index (χ1) is 10.3.